The van der Waals surface area contributed by atoms with Crippen molar-refractivity contribution in [3.05, 3.63) is 29.8 Å². The Hall–Kier alpha value is -1.06. The zero-order valence-electron chi connectivity index (χ0n) is 10.3. The summed E-state index contributed by atoms with van der Waals surface area (Å²) in [6, 6.07) is 7.42. The molecule has 1 aromatic rings. The lowest BCUT2D eigenvalue weighted by atomic mass is 10.1. The van der Waals surface area contributed by atoms with Crippen molar-refractivity contribution >= 4 is 5.78 Å². The summed E-state index contributed by atoms with van der Waals surface area (Å²) >= 11 is 0. The second kappa shape index (κ2) is 9.02. The normalized spacial score (nSPS) is 9.53. The maximum atomic E-state index is 11.6. The molecule has 0 radical (unpaired) electrons. The molecule has 0 spiro atoms. The van der Waals surface area contributed by atoms with Crippen LogP contribution in [0.2, 0.25) is 0 Å². The van der Waals surface area contributed by atoms with Gasteiger partial charge in [-0.15, -0.1) is 0 Å². The highest BCUT2D eigenvalue weighted by molar-refractivity contribution is 5.98. The molecule has 17 heavy (non-hydrogen) atoms. The van der Waals surface area contributed by atoms with Crippen LogP contribution < -0.4 is 22.5 Å². The van der Waals surface area contributed by atoms with Gasteiger partial charge >= 0.3 is 0 Å². The number of nitrogens with one attached hydrogen (secondary N) is 1. The number of carbonyl (C=O) groups is 1. The van der Waals surface area contributed by atoms with Crippen molar-refractivity contribution < 1.29 is 21.9 Å². The summed E-state index contributed by atoms with van der Waals surface area (Å²) in [7, 11) is 1.91. The smallest absolute Gasteiger partial charge is 0.166 e. The highest BCUT2D eigenvalue weighted by atomic mass is 35.5. The third-order valence-electron chi connectivity index (χ3n) is 2.34. The Morgan fingerprint density at radius 1 is 1.35 bits per heavy atom. The number of ether oxygens (including phenoxy) is 1. The van der Waals surface area contributed by atoms with Crippen molar-refractivity contribution in [3.8, 4) is 5.75 Å². The van der Waals surface area contributed by atoms with Crippen LogP contribution in [0.25, 0.3) is 0 Å². The predicted octanol–water partition coefficient (Wildman–Crippen LogP) is -0.728. The highest BCUT2D eigenvalue weighted by Crippen LogP contribution is 2.19. The van der Waals surface area contributed by atoms with E-state index in [9.17, 15) is 4.79 Å². The summed E-state index contributed by atoms with van der Waals surface area (Å²) in [5, 5.41) is 3.06. The monoisotopic (exact) mass is 256 g/mol. The van der Waals surface area contributed by atoms with E-state index in [1.807, 2.05) is 38.2 Å². The van der Waals surface area contributed by atoms with Gasteiger partial charge in [0.2, 0.25) is 0 Å². The largest absolute Gasteiger partial charge is 1.00 e. The summed E-state index contributed by atoms with van der Waals surface area (Å²) in [5.74, 6) is 0.828. The molecule has 0 bridgehead atoms. The van der Waals surface area contributed by atoms with Gasteiger partial charge in [0.25, 0.3) is 0 Å². The van der Waals surface area contributed by atoms with Crippen LogP contribution in [0.5, 0.6) is 5.75 Å². The molecule has 0 aromatic heterocycles. The topological polar surface area (TPSA) is 38.3 Å². The SMILES string of the molecule is CCC(=O)c1ccccc1OCCCNC.[Cl-]. The van der Waals surface area contributed by atoms with Crippen molar-refractivity contribution in [2.75, 3.05) is 20.2 Å². The van der Waals surface area contributed by atoms with Gasteiger partial charge in [0.1, 0.15) is 5.75 Å². The molecule has 0 amide bonds. The Bertz CT molecular complexity index is 342. The Balaban J connectivity index is 0.00000256. The van der Waals surface area contributed by atoms with E-state index in [2.05, 4.69) is 5.32 Å². The first-order valence-corrected chi connectivity index (χ1v) is 5.69. The van der Waals surface area contributed by atoms with E-state index >= 15 is 0 Å². The van der Waals surface area contributed by atoms with Gasteiger partial charge in [-0.25, -0.2) is 0 Å². The molecule has 0 atom stereocenters. The highest BCUT2D eigenvalue weighted by Gasteiger charge is 2.09. The quantitative estimate of drug-likeness (QED) is 0.517. The molecule has 1 aromatic carbocycles. The first-order valence-electron chi connectivity index (χ1n) is 5.69. The summed E-state index contributed by atoms with van der Waals surface area (Å²) in [4.78, 5) is 11.6. The number of ketones is 1. The molecular weight excluding hydrogens is 238 g/mol. The van der Waals surface area contributed by atoms with Gasteiger partial charge in [-0.3, -0.25) is 4.79 Å². The Labute approximate surface area is 109 Å². The zero-order chi connectivity index (χ0) is 11.8. The van der Waals surface area contributed by atoms with Crippen LogP contribution in [-0.2, 0) is 0 Å². The van der Waals surface area contributed by atoms with E-state index in [1.165, 1.54) is 0 Å². The van der Waals surface area contributed by atoms with Crippen molar-refractivity contribution in [2.24, 2.45) is 0 Å². The molecule has 4 heteroatoms. The molecule has 0 saturated carbocycles. The van der Waals surface area contributed by atoms with Crippen LogP contribution in [0.15, 0.2) is 24.3 Å². The number of hydrogen-bond acceptors (Lipinski definition) is 3. The second-order valence-corrected chi connectivity index (χ2v) is 3.58. The number of carbonyl (C=O) groups excluding carboxylic acids is 1. The lowest BCUT2D eigenvalue weighted by molar-refractivity contribution is -0.0000120. The lowest BCUT2D eigenvalue weighted by Crippen LogP contribution is -3.00. The number of para-hydroxylation sites is 1. The summed E-state index contributed by atoms with van der Waals surface area (Å²) < 4.78 is 5.60. The van der Waals surface area contributed by atoms with Crippen LogP contribution in [0.3, 0.4) is 0 Å². The molecule has 0 fully saturated rings. The summed E-state index contributed by atoms with van der Waals surface area (Å²) in [6.07, 6.45) is 1.45. The minimum atomic E-state index is 0. The summed E-state index contributed by atoms with van der Waals surface area (Å²) in [5.41, 5.74) is 0.689. The maximum absolute atomic E-state index is 11.6. The van der Waals surface area contributed by atoms with E-state index in [1.54, 1.807) is 0 Å². The Kier molecular flexibility index (Phi) is 8.46. The van der Waals surface area contributed by atoms with Crippen LogP contribution in [-0.4, -0.2) is 26.0 Å². The minimum absolute atomic E-state index is 0. The second-order valence-electron chi connectivity index (χ2n) is 3.58. The van der Waals surface area contributed by atoms with Gasteiger partial charge in [-0.2, -0.15) is 0 Å². The molecule has 0 unspecified atom stereocenters. The predicted molar refractivity (Wildman–Crippen MR) is 65.1 cm³/mol. The van der Waals surface area contributed by atoms with Crippen molar-refractivity contribution in [1.29, 1.82) is 0 Å². The first kappa shape index (κ1) is 15.9. The molecule has 1 N–H and O–H groups in total. The Morgan fingerprint density at radius 3 is 2.71 bits per heavy atom. The van der Waals surface area contributed by atoms with E-state index in [-0.39, 0.29) is 18.2 Å². The van der Waals surface area contributed by atoms with E-state index < -0.39 is 0 Å². The van der Waals surface area contributed by atoms with Gasteiger partial charge < -0.3 is 22.5 Å². The first-order chi connectivity index (χ1) is 7.79. The molecule has 0 heterocycles. The summed E-state index contributed by atoms with van der Waals surface area (Å²) in [6.45, 7) is 3.42. The minimum Gasteiger partial charge on any atom is -1.00 e. The molecular formula is C13H19ClNO2-. The third kappa shape index (κ3) is 5.20. The van der Waals surface area contributed by atoms with Crippen LogP contribution in [0.1, 0.15) is 30.1 Å². The Morgan fingerprint density at radius 2 is 2.06 bits per heavy atom. The molecule has 0 aliphatic heterocycles. The zero-order valence-corrected chi connectivity index (χ0v) is 11.1. The van der Waals surface area contributed by atoms with Gasteiger partial charge in [-0.1, -0.05) is 19.1 Å². The van der Waals surface area contributed by atoms with E-state index in [4.69, 9.17) is 4.74 Å². The van der Waals surface area contributed by atoms with E-state index in [0.29, 0.717) is 24.3 Å². The molecule has 0 saturated heterocycles. The number of benzene rings is 1. The molecule has 96 valence electrons. The molecule has 0 aliphatic rings. The van der Waals surface area contributed by atoms with Crippen molar-refractivity contribution in [2.45, 2.75) is 19.8 Å². The molecule has 1 rings (SSSR count). The maximum Gasteiger partial charge on any atom is 0.166 e. The van der Waals surface area contributed by atoms with Gasteiger partial charge in [0, 0.05) is 6.42 Å². The molecule has 3 nitrogen and oxygen atoms in total. The standard InChI is InChI=1S/C13H19NO2.ClH/c1-3-12(15)11-7-4-5-8-13(11)16-10-6-9-14-2;/h4-5,7-8,14H,3,6,9-10H2,1-2H3;1H/p-1. The fourth-order valence-corrected chi connectivity index (χ4v) is 1.44. The molecule has 0 aliphatic carbocycles. The fraction of sp³-hybridized carbons (Fsp3) is 0.462. The fourth-order valence-electron chi connectivity index (χ4n) is 1.44. The van der Waals surface area contributed by atoms with E-state index in [0.717, 1.165) is 13.0 Å². The lowest BCUT2D eigenvalue weighted by Gasteiger charge is -2.09. The van der Waals surface area contributed by atoms with Gasteiger partial charge in [-0.05, 0) is 32.1 Å². The average molecular weight is 257 g/mol. The van der Waals surface area contributed by atoms with Crippen LogP contribution in [0, 0.1) is 0 Å². The number of rotatable bonds is 7. The van der Waals surface area contributed by atoms with Crippen molar-refractivity contribution in [1.82, 2.24) is 5.32 Å². The number of halogens is 1. The van der Waals surface area contributed by atoms with Crippen LogP contribution >= 0.6 is 0 Å². The van der Waals surface area contributed by atoms with Crippen LogP contribution in [0.4, 0.5) is 0 Å². The van der Waals surface area contributed by atoms with Crippen molar-refractivity contribution in [3.63, 3.8) is 0 Å². The third-order valence-corrected chi connectivity index (χ3v) is 2.34. The van der Waals surface area contributed by atoms with Gasteiger partial charge in [0.05, 0.1) is 12.2 Å². The van der Waals surface area contributed by atoms with Gasteiger partial charge in [0.15, 0.2) is 5.78 Å². The number of Topliss-reactive ketones (excluding diaryl/α,β-unsaturated/α-hetero) is 1. The average Bonchev–Trinajstić information content (AvgIpc) is 2.34. The number of hydrogen-bond donors (Lipinski definition) is 1.